The van der Waals surface area contributed by atoms with Gasteiger partial charge in [-0.25, -0.2) is 14.7 Å². The smallest absolute Gasteiger partial charge is 0.407 e. The van der Waals surface area contributed by atoms with Crippen LogP contribution in [0.15, 0.2) is 66.7 Å². The minimum absolute atomic E-state index is 0.123. The fourth-order valence-electron chi connectivity index (χ4n) is 2.81. The van der Waals surface area contributed by atoms with Crippen molar-refractivity contribution in [1.82, 2.24) is 15.7 Å². The molecule has 4 N–H and O–H groups in total. The van der Waals surface area contributed by atoms with Crippen LogP contribution in [0.4, 0.5) is 4.79 Å². The predicted octanol–water partition coefficient (Wildman–Crippen LogP) is 2.84. The van der Waals surface area contributed by atoms with Crippen LogP contribution in [-0.4, -0.2) is 46.4 Å². The van der Waals surface area contributed by atoms with E-state index in [1.165, 1.54) is 0 Å². The maximum absolute atomic E-state index is 11.8. The van der Waals surface area contributed by atoms with Crippen molar-refractivity contribution >= 4 is 18.0 Å². The van der Waals surface area contributed by atoms with Crippen LogP contribution in [0, 0.1) is 0 Å². The first kappa shape index (κ1) is 25.6. The summed E-state index contributed by atoms with van der Waals surface area (Å²) in [7, 11) is 0. The van der Waals surface area contributed by atoms with Crippen molar-refractivity contribution in [3.8, 4) is 0 Å². The van der Waals surface area contributed by atoms with Crippen molar-refractivity contribution in [2.75, 3.05) is 13.1 Å². The van der Waals surface area contributed by atoms with Crippen LogP contribution in [0.2, 0.25) is 0 Å². The van der Waals surface area contributed by atoms with Gasteiger partial charge in [-0.05, 0) is 36.1 Å². The summed E-state index contributed by atoms with van der Waals surface area (Å²) < 4.78 is 5.23. The minimum atomic E-state index is -1.24. The molecule has 0 saturated carbocycles. The van der Waals surface area contributed by atoms with E-state index >= 15 is 0 Å². The summed E-state index contributed by atoms with van der Waals surface area (Å²) in [6.07, 6.45) is 2.33. The normalized spacial score (nSPS) is 10.7. The first-order chi connectivity index (χ1) is 15.9. The lowest BCUT2D eigenvalue weighted by Gasteiger charge is -2.12. The Morgan fingerprint density at radius 3 is 2.24 bits per heavy atom. The van der Waals surface area contributed by atoms with Crippen LogP contribution in [0.1, 0.15) is 29.5 Å². The number of carboxylic acids is 1. The SMILES string of the molecule is O=C(O)/C=C/C(=O)N(O)CCCCNCc1ccc(COC(=O)NCc2ccccc2)cc1. The first-order valence-electron chi connectivity index (χ1n) is 10.6. The molecule has 0 bridgehead atoms. The maximum atomic E-state index is 11.8. The zero-order valence-corrected chi connectivity index (χ0v) is 18.3. The number of nitrogens with one attached hydrogen (secondary N) is 2. The number of hydroxylamine groups is 2. The molecule has 0 aliphatic carbocycles. The van der Waals surface area contributed by atoms with Gasteiger partial charge in [-0.15, -0.1) is 0 Å². The number of alkyl carbamates (subject to hydrolysis) is 1. The molecule has 9 heteroatoms. The van der Waals surface area contributed by atoms with Crippen LogP contribution in [0.3, 0.4) is 0 Å². The molecule has 0 spiro atoms. The van der Waals surface area contributed by atoms with E-state index in [2.05, 4.69) is 10.6 Å². The Bertz CT molecular complexity index is 916. The molecule has 2 rings (SSSR count). The molecule has 2 amide bonds. The second-order valence-electron chi connectivity index (χ2n) is 7.25. The van der Waals surface area contributed by atoms with Gasteiger partial charge in [-0.2, -0.15) is 0 Å². The Hall–Kier alpha value is -3.69. The zero-order valence-electron chi connectivity index (χ0n) is 18.3. The molecule has 0 aliphatic rings. The van der Waals surface area contributed by atoms with E-state index in [1.807, 2.05) is 54.6 Å². The van der Waals surface area contributed by atoms with Gasteiger partial charge in [-0.1, -0.05) is 54.6 Å². The van der Waals surface area contributed by atoms with E-state index in [4.69, 9.17) is 9.84 Å². The van der Waals surface area contributed by atoms with E-state index < -0.39 is 18.0 Å². The van der Waals surface area contributed by atoms with Gasteiger partial charge in [0.2, 0.25) is 0 Å². The Kier molecular flexibility index (Phi) is 11.1. The average Bonchev–Trinajstić information content (AvgIpc) is 2.83. The summed E-state index contributed by atoms with van der Waals surface area (Å²) in [4.78, 5) is 33.6. The number of benzene rings is 2. The number of carbonyl (C=O) groups is 3. The Morgan fingerprint density at radius 1 is 0.879 bits per heavy atom. The lowest BCUT2D eigenvalue weighted by molar-refractivity contribution is -0.159. The second kappa shape index (κ2) is 14.4. The quantitative estimate of drug-likeness (QED) is 0.158. The fourth-order valence-corrected chi connectivity index (χ4v) is 2.81. The molecular formula is C24H29N3O6. The number of aliphatic carboxylic acids is 1. The highest BCUT2D eigenvalue weighted by atomic mass is 16.5. The topological polar surface area (TPSA) is 128 Å². The molecule has 0 unspecified atom stereocenters. The van der Waals surface area contributed by atoms with E-state index in [-0.39, 0.29) is 13.2 Å². The van der Waals surface area contributed by atoms with Gasteiger partial charge >= 0.3 is 12.1 Å². The third-order valence-corrected chi connectivity index (χ3v) is 4.60. The monoisotopic (exact) mass is 455 g/mol. The van der Waals surface area contributed by atoms with Crippen molar-refractivity contribution < 1.29 is 29.4 Å². The van der Waals surface area contributed by atoms with Crippen molar-refractivity contribution in [2.24, 2.45) is 0 Å². The largest absolute Gasteiger partial charge is 0.478 e. The van der Waals surface area contributed by atoms with Crippen molar-refractivity contribution in [1.29, 1.82) is 0 Å². The van der Waals surface area contributed by atoms with Gasteiger partial charge in [0, 0.05) is 31.8 Å². The number of rotatable bonds is 13. The predicted molar refractivity (Wildman–Crippen MR) is 121 cm³/mol. The number of amides is 2. The van der Waals surface area contributed by atoms with E-state index in [0.717, 1.165) is 29.2 Å². The standard InChI is InChI=1S/C24H29N3O6/c28-22(12-13-23(29)30)27(32)15-5-4-14-25-16-20-8-10-21(11-9-20)18-33-24(31)26-17-19-6-2-1-3-7-19/h1-3,6-13,25,32H,4-5,14-18H2,(H,26,31)(H,29,30)/b13-12+. The fraction of sp³-hybridized carbons (Fsp3) is 0.292. The molecule has 0 heterocycles. The van der Waals surface area contributed by atoms with Crippen molar-refractivity contribution in [3.05, 3.63) is 83.4 Å². The Morgan fingerprint density at radius 2 is 1.55 bits per heavy atom. The third kappa shape index (κ3) is 10.9. The molecule has 2 aromatic rings. The minimum Gasteiger partial charge on any atom is -0.478 e. The summed E-state index contributed by atoms with van der Waals surface area (Å²) in [5.74, 6) is -2.01. The summed E-state index contributed by atoms with van der Waals surface area (Å²) in [6, 6.07) is 17.3. The van der Waals surface area contributed by atoms with Crippen LogP contribution < -0.4 is 10.6 Å². The highest BCUT2D eigenvalue weighted by Gasteiger charge is 2.07. The molecule has 176 valence electrons. The zero-order chi connectivity index (χ0) is 23.9. The van der Waals surface area contributed by atoms with Crippen LogP contribution in [0.25, 0.3) is 0 Å². The number of unbranched alkanes of at least 4 members (excludes halogenated alkanes) is 1. The molecule has 0 fully saturated rings. The highest BCUT2D eigenvalue weighted by Crippen LogP contribution is 2.06. The molecule has 0 radical (unpaired) electrons. The van der Waals surface area contributed by atoms with E-state index in [0.29, 0.717) is 37.2 Å². The number of carbonyl (C=O) groups excluding carboxylic acids is 2. The molecule has 0 saturated heterocycles. The van der Waals surface area contributed by atoms with Gasteiger partial charge in [-0.3, -0.25) is 10.0 Å². The van der Waals surface area contributed by atoms with E-state index in [1.54, 1.807) is 0 Å². The number of hydrogen-bond acceptors (Lipinski definition) is 6. The lowest BCUT2D eigenvalue weighted by Crippen LogP contribution is -2.27. The van der Waals surface area contributed by atoms with E-state index in [9.17, 15) is 19.6 Å². The van der Waals surface area contributed by atoms with Gasteiger partial charge in [0.15, 0.2) is 0 Å². The Labute approximate surface area is 192 Å². The van der Waals surface area contributed by atoms with Gasteiger partial charge < -0.3 is 20.5 Å². The van der Waals surface area contributed by atoms with Crippen LogP contribution in [-0.2, 0) is 34.0 Å². The molecular weight excluding hydrogens is 426 g/mol. The van der Waals surface area contributed by atoms with Crippen molar-refractivity contribution in [2.45, 2.75) is 32.5 Å². The summed E-state index contributed by atoms with van der Waals surface area (Å²) in [6.45, 7) is 2.07. The van der Waals surface area contributed by atoms with Crippen LogP contribution in [0.5, 0.6) is 0 Å². The van der Waals surface area contributed by atoms with Gasteiger partial charge in [0.25, 0.3) is 5.91 Å². The number of hydrogen-bond donors (Lipinski definition) is 4. The third-order valence-electron chi connectivity index (χ3n) is 4.60. The summed E-state index contributed by atoms with van der Waals surface area (Å²) >= 11 is 0. The average molecular weight is 456 g/mol. The molecule has 0 atom stereocenters. The van der Waals surface area contributed by atoms with Gasteiger partial charge in [0.05, 0.1) is 0 Å². The lowest BCUT2D eigenvalue weighted by atomic mass is 10.1. The molecule has 0 aromatic heterocycles. The number of ether oxygens (including phenoxy) is 1. The molecule has 0 aliphatic heterocycles. The number of nitrogens with zero attached hydrogens (tertiary/aromatic N) is 1. The summed E-state index contributed by atoms with van der Waals surface area (Å²) in [5.41, 5.74) is 2.96. The van der Waals surface area contributed by atoms with Crippen LogP contribution >= 0.6 is 0 Å². The second-order valence-corrected chi connectivity index (χ2v) is 7.25. The van der Waals surface area contributed by atoms with Gasteiger partial charge in [0.1, 0.15) is 6.61 Å². The first-order valence-corrected chi connectivity index (χ1v) is 10.6. The van der Waals surface area contributed by atoms with Crippen molar-refractivity contribution in [3.63, 3.8) is 0 Å². The maximum Gasteiger partial charge on any atom is 0.407 e. The molecule has 33 heavy (non-hydrogen) atoms. The molecule has 2 aromatic carbocycles. The number of carboxylic acid groups (broad SMARTS) is 1. The molecule has 9 nitrogen and oxygen atoms in total. The Balaban J connectivity index is 1.56. The highest BCUT2D eigenvalue weighted by molar-refractivity contribution is 5.93. The summed E-state index contributed by atoms with van der Waals surface area (Å²) in [5, 5.41) is 24.5.